The number of hydrogen-bond acceptors (Lipinski definition) is 1. The highest BCUT2D eigenvalue weighted by Crippen LogP contribution is 2.35. The summed E-state index contributed by atoms with van der Waals surface area (Å²) in [4.78, 5) is 0. The predicted octanol–water partition coefficient (Wildman–Crippen LogP) is 6.78. The second kappa shape index (κ2) is 8.88. The first-order chi connectivity index (χ1) is 9.37. The van der Waals surface area contributed by atoms with Crippen molar-refractivity contribution in [1.82, 2.24) is 0 Å². The third-order valence-electron chi connectivity index (χ3n) is 3.85. The van der Waals surface area contributed by atoms with E-state index < -0.39 is 16.6 Å². The van der Waals surface area contributed by atoms with Gasteiger partial charge < -0.3 is 4.12 Å². The molecule has 0 aromatic heterocycles. The van der Waals surface area contributed by atoms with E-state index in [1.165, 1.54) is 24.2 Å². The molecule has 0 radical (unpaired) electrons. The third-order valence-corrected chi connectivity index (χ3v) is 14.5. The van der Waals surface area contributed by atoms with Crippen LogP contribution in [0.2, 0.25) is 37.3 Å². The maximum atomic E-state index is 7.15. The molecule has 0 unspecified atom stereocenters. The van der Waals surface area contributed by atoms with Crippen LogP contribution in [0, 0.1) is 23.7 Å². The lowest BCUT2D eigenvalue weighted by atomic mass is 10.3. The third kappa shape index (κ3) is 9.90. The first-order valence-electron chi connectivity index (χ1n) is 9.07. The molecule has 0 saturated carbocycles. The molecular formula is C18H42OSi2. The molecule has 0 amide bonds. The van der Waals surface area contributed by atoms with Crippen LogP contribution < -0.4 is 0 Å². The molecule has 0 aliphatic rings. The lowest BCUT2D eigenvalue weighted by Crippen LogP contribution is -2.50. The van der Waals surface area contributed by atoms with Crippen molar-refractivity contribution in [1.29, 1.82) is 0 Å². The quantitative estimate of drug-likeness (QED) is 0.401. The van der Waals surface area contributed by atoms with Crippen LogP contribution in [0.1, 0.15) is 55.4 Å². The largest absolute Gasteiger partial charge is 0.455 e. The first-order valence-corrected chi connectivity index (χ1v) is 14.7. The zero-order valence-corrected chi connectivity index (χ0v) is 18.5. The van der Waals surface area contributed by atoms with Gasteiger partial charge in [-0.1, -0.05) is 55.4 Å². The Bertz CT molecular complexity index is 237. The van der Waals surface area contributed by atoms with Gasteiger partial charge in [-0.3, -0.25) is 0 Å². The van der Waals surface area contributed by atoms with Gasteiger partial charge in [-0.05, 0) is 60.9 Å². The van der Waals surface area contributed by atoms with Crippen molar-refractivity contribution in [3.8, 4) is 0 Å². The standard InChI is InChI=1S/C18H42OSi2/c1-15(2)11-20(9,12-16(3)4)19-21(10,13-17(5)6)14-18(7)8/h15-18H,11-14H2,1-10H3. The van der Waals surface area contributed by atoms with E-state index >= 15 is 0 Å². The maximum Gasteiger partial charge on any atom is 0.177 e. The van der Waals surface area contributed by atoms with Crippen LogP contribution in [0.3, 0.4) is 0 Å². The molecule has 0 aliphatic heterocycles. The van der Waals surface area contributed by atoms with Crippen LogP contribution in [0.15, 0.2) is 0 Å². The van der Waals surface area contributed by atoms with Gasteiger partial charge in [0.2, 0.25) is 0 Å². The highest BCUT2D eigenvalue weighted by Gasteiger charge is 2.40. The molecule has 0 N–H and O–H groups in total. The Balaban J connectivity index is 5.18. The predicted molar refractivity (Wildman–Crippen MR) is 103 cm³/mol. The van der Waals surface area contributed by atoms with Gasteiger partial charge in [-0.25, -0.2) is 0 Å². The molecule has 1 nitrogen and oxygen atoms in total. The molecule has 0 aliphatic carbocycles. The maximum absolute atomic E-state index is 7.15. The summed E-state index contributed by atoms with van der Waals surface area (Å²) in [5.74, 6) is 3.04. The summed E-state index contributed by atoms with van der Waals surface area (Å²) in [6.07, 6.45) is 0. The summed E-state index contributed by atoms with van der Waals surface area (Å²) < 4.78 is 7.15. The van der Waals surface area contributed by atoms with Gasteiger partial charge in [0.15, 0.2) is 16.6 Å². The van der Waals surface area contributed by atoms with Crippen LogP contribution in [0.5, 0.6) is 0 Å². The van der Waals surface area contributed by atoms with E-state index in [0.29, 0.717) is 0 Å². The van der Waals surface area contributed by atoms with Gasteiger partial charge in [0, 0.05) is 0 Å². The topological polar surface area (TPSA) is 9.23 Å². The van der Waals surface area contributed by atoms with Crippen molar-refractivity contribution in [3.05, 3.63) is 0 Å². The monoisotopic (exact) mass is 330 g/mol. The minimum Gasteiger partial charge on any atom is -0.455 e. The van der Waals surface area contributed by atoms with Gasteiger partial charge in [0.1, 0.15) is 0 Å². The zero-order chi connectivity index (χ0) is 16.8. The minimum absolute atomic E-state index is 0.761. The molecule has 0 spiro atoms. The number of hydrogen-bond donors (Lipinski definition) is 0. The SMILES string of the molecule is CC(C)C[Si](C)(CC(C)C)O[Si](C)(CC(C)C)CC(C)C. The molecule has 0 aromatic rings. The molecule has 21 heavy (non-hydrogen) atoms. The van der Waals surface area contributed by atoms with Crippen LogP contribution in [0.25, 0.3) is 0 Å². The summed E-state index contributed by atoms with van der Waals surface area (Å²) in [5, 5.41) is 0. The Kier molecular flexibility index (Phi) is 9.04. The molecule has 0 fully saturated rings. The summed E-state index contributed by atoms with van der Waals surface area (Å²) in [6.45, 7) is 23.9. The van der Waals surface area contributed by atoms with Crippen molar-refractivity contribution in [2.24, 2.45) is 23.7 Å². The normalized spacial score (nSPS) is 14.0. The highest BCUT2D eigenvalue weighted by atomic mass is 28.4. The lowest BCUT2D eigenvalue weighted by Gasteiger charge is -2.42. The van der Waals surface area contributed by atoms with Crippen molar-refractivity contribution in [2.75, 3.05) is 0 Å². The molecule has 128 valence electrons. The molecule has 0 saturated heterocycles. The van der Waals surface area contributed by atoms with E-state index in [0.717, 1.165) is 23.7 Å². The van der Waals surface area contributed by atoms with Crippen molar-refractivity contribution in [3.63, 3.8) is 0 Å². The van der Waals surface area contributed by atoms with Gasteiger partial charge in [-0.2, -0.15) is 0 Å². The lowest BCUT2D eigenvalue weighted by molar-refractivity contribution is 0.464. The van der Waals surface area contributed by atoms with E-state index in [9.17, 15) is 0 Å². The fraction of sp³-hybridized carbons (Fsp3) is 1.00. The molecular weight excluding hydrogens is 288 g/mol. The fourth-order valence-corrected chi connectivity index (χ4v) is 17.7. The molecule has 0 rings (SSSR count). The van der Waals surface area contributed by atoms with Crippen molar-refractivity contribution >= 4 is 16.6 Å². The van der Waals surface area contributed by atoms with E-state index in [4.69, 9.17) is 4.12 Å². The summed E-state index contributed by atoms with van der Waals surface area (Å²) in [5.41, 5.74) is 0. The van der Waals surface area contributed by atoms with Crippen molar-refractivity contribution < 1.29 is 4.12 Å². The fourth-order valence-electron chi connectivity index (χ4n) is 4.38. The van der Waals surface area contributed by atoms with E-state index in [1.54, 1.807) is 0 Å². The molecule has 0 bridgehead atoms. The van der Waals surface area contributed by atoms with Crippen LogP contribution in [0.4, 0.5) is 0 Å². The second-order valence-electron chi connectivity index (χ2n) is 9.39. The smallest absolute Gasteiger partial charge is 0.177 e. The van der Waals surface area contributed by atoms with Gasteiger partial charge in [0.25, 0.3) is 0 Å². The Hall–Kier alpha value is 0.394. The van der Waals surface area contributed by atoms with Crippen LogP contribution in [-0.2, 0) is 4.12 Å². The van der Waals surface area contributed by atoms with Gasteiger partial charge in [0.05, 0.1) is 0 Å². The van der Waals surface area contributed by atoms with Crippen LogP contribution in [-0.4, -0.2) is 16.6 Å². The Morgan fingerprint density at radius 2 is 0.714 bits per heavy atom. The van der Waals surface area contributed by atoms with Gasteiger partial charge >= 0.3 is 0 Å². The average Bonchev–Trinajstić information content (AvgIpc) is 2.07. The summed E-state index contributed by atoms with van der Waals surface area (Å²) in [6, 6.07) is 5.29. The Morgan fingerprint density at radius 1 is 0.524 bits per heavy atom. The van der Waals surface area contributed by atoms with Gasteiger partial charge in [-0.15, -0.1) is 0 Å². The minimum atomic E-state index is -1.58. The first kappa shape index (κ1) is 21.4. The summed E-state index contributed by atoms with van der Waals surface area (Å²) in [7, 11) is -3.17. The molecule has 0 heterocycles. The summed E-state index contributed by atoms with van der Waals surface area (Å²) >= 11 is 0. The van der Waals surface area contributed by atoms with E-state index in [2.05, 4.69) is 68.5 Å². The second-order valence-corrected chi connectivity index (χ2v) is 17.6. The molecule has 3 heteroatoms. The zero-order valence-electron chi connectivity index (χ0n) is 16.5. The number of rotatable bonds is 10. The average molecular weight is 331 g/mol. The Morgan fingerprint density at radius 3 is 0.857 bits per heavy atom. The molecule has 0 atom stereocenters. The van der Waals surface area contributed by atoms with E-state index in [-0.39, 0.29) is 0 Å². The highest BCUT2D eigenvalue weighted by molar-refractivity contribution is 6.86. The van der Waals surface area contributed by atoms with E-state index in [1.807, 2.05) is 0 Å². The Labute approximate surface area is 137 Å². The van der Waals surface area contributed by atoms with Crippen LogP contribution >= 0.6 is 0 Å². The van der Waals surface area contributed by atoms with Crippen molar-refractivity contribution in [2.45, 2.75) is 92.7 Å². The molecule has 0 aromatic carbocycles.